The first-order valence-corrected chi connectivity index (χ1v) is 4.32. The van der Waals surface area contributed by atoms with Crippen molar-refractivity contribution >= 4 is 8.18 Å². The summed E-state index contributed by atoms with van der Waals surface area (Å²) >= 11 is 0. The molecule has 0 saturated heterocycles. The standard InChI is InChI=1S/C5H8N3O2P/c9-11(10)8-2-1-5-3-6-4-7-5/h3-4H,1-2H2,(H,6,7)(H,8,9,10). The van der Waals surface area contributed by atoms with Gasteiger partial charge in [0.05, 0.1) is 6.33 Å². The van der Waals surface area contributed by atoms with Crippen molar-refractivity contribution in [3.05, 3.63) is 18.2 Å². The van der Waals surface area contributed by atoms with Gasteiger partial charge >= 0.3 is 8.18 Å². The molecule has 6 heteroatoms. The molecule has 1 unspecified atom stereocenters. The largest absolute Gasteiger partial charge is 0.578 e. The van der Waals surface area contributed by atoms with E-state index in [4.69, 9.17) is 0 Å². The summed E-state index contributed by atoms with van der Waals surface area (Å²) in [4.78, 5) is 16.7. The van der Waals surface area contributed by atoms with E-state index in [0.29, 0.717) is 13.0 Å². The molecule has 2 N–H and O–H groups in total. The first-order valence-electron chi connectivity index (χ1n) is 3.14. The smallest absolute Gasteiger partial charge is 0.408 e. The lowest BCUT2D eigenvalue weighted by molar-refractivity contribution is -0.167. The fourth-order valence-corrected chi connectivity index (χ4v) is 0.998. The van der Waals surface area contributed by atoms with Crippen molar-refractivity contribution in [3.63, 3.8) is 0 Å². The van der Waals surface area contributed by atoms with Crippen LogP contribution in [0, 0.1) is 0 Å². The third-order valence-corrected chi connectivity index (χ3v) is 1.67. The molecule has 0 aromatic carbocycles. The minimum Gasteiger partial charge on any atom is -0.578 e. The third-order valence-electron chi connectivity index (χ3n) is 1.19. The number of aromatic nitrogens is 2. The zero-order valence-corrected chi connectivity index (χ0v) is 6.67. The number of imidazole rings is 1. The second kappa shape index (κ2) is 4.18. The monoisotopic (exact) mass is 173 g/mol. The molecule has 0 amide bonds. The number of nitrogens with one attached hydrogen (secondary N) is 2. The van der Waals surface area contributed by atoms with Crippen molar-refractivity contribution in [2.75, 3.05) is 6.54 Å². The van der Waals surface area contributed by atoms with Gasteiger partial charge in [-0.2, -0.15) is 0 Å². The number of H-pyrrole nitrogens is 1. The zero-order valence-electron chi connectivity index (χ0n) is 5.78. The topological polar surface area (TPSA) is 80.8 Å². The molecular weight excluding hydrogens is 165 g/mol. The van der Waals surface area contributed by atoms with Crippen LogP contribution in [0.15, 0.2) is 12.5 Å². The predicted molar refractivity (Wildman–Crippen MR) is 37.9 cm³/mol. The number of hydrogen-bond donors (Lipinski definition) is 2. The average Bonchev–Trinajstić information content (AvgIpc) is 2.39. The van der Waals surface area contributed by atoms with Gasteiger partial charge in [-0.1, -0.05) is 4.57 Å². The van der Waals surface area contributed by atoms with Crippen LogP contribution < -0.4 is 9.98 Å². The number of rotatable bonds is 4. The predicted octanol–water partition coefficient (Wildman–Crippen LogP) is -0.441. The van der Waals surface area contributed by atoms with Gasteiger partial charge in [-0.25, -0.2) is 4.98 Å². The Kier molecular flexibility index (Phi) is 3.16. The Labute approximate surface area is 64.8 Å². The van der Waals surface area contributed by atoms with Gasteiger partial charge in [-0.15, -0.1) is 5.09 Å². The van der Waals surface area contributed by atoms with Crippen LogP contribution in [0.3, 0.4) is 0 Å². The summed E-state index contributed by atoms with van der Waals surface area (Å²) in [6.45, 7) is 0.418. The molecule has 0 fully saturated rings. The molecule has 0 radical (unpaired) electrons. The van der Waals surface area contributed by atoms with Crippen LogP contribution in [-0.4, -0.2) is 16.5 Å². The van der Waals surface area contributed by atoms with Crippen LogP contribution >= 0.6 is 8.18 Å². The highest BCUT2D eigenvalue weighted by molar-refractivity contribution is 7.33. The SMILES string of the molecule is O=[P+]([O-])NCCc1cnc[nH]1. The lowest BCUT2D eigenvalue weighted by Gasteiger charge is -1.92. The van der Waals surface area contributed by atoms with E-state index in [1.165, 1.54) is 0 Å². The van der Waals surface area contributed by atoms with E-state index in [-0.39, 0.29) is 0 Å². The molecular formula is C5H8N3O2P. The summed E-state index contributed by atoms with van der Waals surface area (Å²) in [5.41, 5.74) is 0.925. The molecule has 0 saturated carbocycles. The van der Waals surface area contributed by atoms with E-state index in [0.717, 1.165) is 5.69 Å². The van der Waals surface area contributed by atoms with Gasteiger partial charge in [-0.3, -0.25) is 0 Å². The van der Waals surface area contributed by atoms with Crippen molar-refractivity contribution < 1.29 is 9.46 Å². The minimum absolute atomic E-state index is 0.418. The molecule has 1 heterocycles. The summed E-state index contributed by atoms with van der Waals surface area (Å²) in [6.07, 6.45) is 3.87. The zero-order chi connectivity index (χ0) is 8.10. The lowest BCUT2D eigenvalue weighted by Crippen LogP contribution is -2.13. The quantitative estimate of drug-likeness (QED) is 0.605. The summed E-state index contributed by atoms with van der Waals surface area (Å²) in [5.74, 6) is 0. The molecule has 0 spiro atoms. The van der Waals surface area contributed by atoms with Crippen molar-refractivity contribution in [2.24, 2.45) is 0 Å². The summed E-state index contributed by atoms with van der Waals surface area (Å²) in [6, 6.07) is 0. The molecule has 60 valence electrons. The third kappa shape index (κ3) is 3.23. The summed E-state index contributed by atoms with van der Waals surface area (Å²) < 4.78 is 10.0. The molecule has 1 rings (SSSR count). The van der Waals surface area contributed by atoms with E-state index in [1.807, 2.05) is 0 Å². The second-order valence-electron chi connectivity index (χ2n) is 1.99. The van der Waals surface area contributed by atoms with E-state index in [9.17, 15) is 9.46 Å². The van der Waals surface area contributed by atoms with Crippen LogP contribution in [0.5, 0.6) is 0 Å². The highest BCUT2D eigenvalue weighted by atomic mass is 31.1. The Balaban J connectivity index is 2.19. The van der Waals surface area contributed by atoms with E-state index < -0.39 is 8.18 Å². The Morgan fingerprint density at radius 3 is 3.18 bits per heavy atom. The first kappa shape index (κ1) is 8.33. The van der Waals surface area contributed by atoms with Gasteiger partial charge in [0.1, 0.15) is 0 Å². The normalized spacial score (nSPS) is 11.5. The van der Waals surface area contributed by atoms with E-state index >= 15 is 0 Å². The summed E-state index contributed by atoms with van der Waals surface area (Å²) in [7, 11) is -2.47. The van der Waals surface area contributed by atoms with Crippen molar-refractivity contribution in [3.8, 4) is 0 Å². The van der Waals surface area contributed by atoms with E-state index in [2.05, 4.69) is 15.1 Å². The molecule has 11 heavy (non-hydrogen) atoms. The molecule has 5 nitrogen and oxygen atoms in total. The van der Waals surface area contributed by atoms with Crippen LogP contribution in [0.25, 0.3) is 0 Å². The average molecular weight is 173 g/mol. The van der Waals surface area contributed by atoms with Crippen molar-refractivity contribution in [1.82, 2.24) is 15.1 Å². The molecule has 1 aromatic heterocycles. The maximum atomic E-state index is 10.0. The Morgan fingerprint density at radius 1 is 1.82 bits per heavy atom. The number of aromatic amines is 1. The van der Waals surface area contributed by atoms with Gasteiger partial charge in [-0.05, 0) is 0 Å². The van der Waals surface area contributed by atoms with Gasteiger partial charge < -0.3 is 9.88 Å². The fourth-order valence-electron chi connectivity index (χ4n) is 0.703. The number of nitrogens with zero attached hydrogens (tertiary/aromatic N) is 1. The Bertz CT molecular complexity index is 224. The van der Waals surface area contributed by atoms with Crippen molar-refractivity contribution in [1.29, 1.82) is 0 Å². The van der Waals surface area contributed by atoms with Gasteiger partial charge in [0.2, 0.25) is 0 Å². The molecule has 0 aliphatic carbocycles. The molecule has 1 atom stereocenters. The highest BCUT2D eigenvalue weighted by Gasteiger charge is 1.98. The van der Waals surface area contributed by atoms with Crippen molar-refractivity contribution in [2.45, 2.75) is 6.42 Å². The van der Waals surface area contributed by atoms with Crippen LogP contribution in [0.2, 0.25) is 0 Å². The molecule has 0 bridgehead atoms. The summed E-state index contributed by atoms with van der Waals surface area (Å²) in [5, 5.41) is 2.29. The second-order valence-corrected chi connectivity index (χ2v) is 2.82. The van der Waals surface area contributed by atoms with Gasteiger partial charge in [0.25, 0.3) is 0 Å². The molecule has 1 aromatic rings. The van der Waals surface area contributed by atoms with Gasteiger partial charge in [0.15, 0.2) is 0 Å². The highest BCUT2D eigenvalue weighted by Crippen LogP contribution is 1.98. The lowest BCUT2D eigenvalue weighted by atomic mass is 10.3. The van der Waals surface area contributed by atoms with Gasteiger partial charge in [0, 0.05) is 24.9 Å². The Hall–Kier alpha value is -0.770. The minimum atomic E-state index is -2.47. The molecule has 0 aliphatic rings. The van der Waals surface area contributed by atoms with Crippen LogP contribution in [0.1, 0.15) is 5.69 Å². The fraction of sp³-hybridized carbons (Fsp3) is 0.400. The first-order chi connectivity index (χ1) is 5.29. The molecule has 0 aliphatic heterocycles. The maximum absolute atomic E-state index is 10.0. The maximum Gasteiger partial charge on any atom is 0.408 e. The Morgan fingerprint density at radius 2 is 2.64 bits per heavy atom. The van der Waals surface area contributed by atoms with E-state index in [1.54, 1.807) is 12.5 Å². The van der Waals surface area contributed by atoms with Crippen LogP contribution in [0.4, 0.5) is 0 Å². The van der Waals surface area contributed by atoms with Crippen LogP contribution in [-0.2, 0) is 11.0 Å². The number of hydrogen-bond acceptors (Lipinski definition) is 3.